The molecule has 0 aliphatic carbocycles. The summed E-state index contributed by atoms with van der Waals surface area (Å²) in [7, 11) is 4.03. The monoisotopic (exact) mass is 313 g/mol. The summed E-state index contributed by atoms with van der Waals surface area (Å²) >= 11 is 0. The number of nitrogens with one attached hydrogen (secondary N) is 1. The molecular formula is C17H23N5O. The fourth-order valence-electron chi connectivity index (χ4n) is 2.84. The van der Waals surface area contributed by atoms with E-state index in [1.165, 1.54) is 0 Å². The van der Waals surface area contributed by atoms with Crippen LogP contribution in [0, 0.1) is 0 Å². The fraction of sp³-hybridized carbons (Fsp3) is 0.471. The molecule has 0 saturated carbocycles. The molecule has 0 spiro atoms. The lowest BCUT2D eigenvalue weighted by molar-refractivity contribution is -0.116. The number of fused-ring (bicyclic) bond motifs is 1. The number of carbonyl (C=O) groups excluding carboxylic acids is 1. The molecule has 1 aromatic carbocycles. The standard InChI is InChI=1S/C17H23N5O/c1-21(2)14-7-5-6-13(12-14)9-10-16(23)18-17-20-19-15-8-3-4-11-22(15)17/h5-7,12H,3-4,8-11H2,1-2H3,(H,18,20,23). The molecule has 6 nitrogen and oxygen atoms in total. The van der Waals surface area contributed by atoms with Crippen molar-refractivity contribution in [3.63, 3.8) is 0 Å². The number of nitrogens with zero attached hydrogens (tertiary/aromatic N) is 4. The van der Waals surface area contributed by atoms with Crippen molar-refractivity contribution >= 4 is 17.5 Å². The van der Waals surface area contributed by atoms with Crippen molar-refractivity contribution in [1.82, 2.24) is 14.8 Å². The van der Waals surface area contributed by atoms with Gasteiger partial charge in [0, 0.05) is 39.2 Å². The maximum absolute atomic E-state index is 12.2. The van der Waals surface area contributed by atoms with Gasteiger partial charge in [0.25, 0.3) is 0 Å². The summed E-state index contributed by atoms with van der Waals surface area (Å²) in [5.41, 5.74) is 2.31. The van der Waals surface area contributed by atoms with Crippen LogP contribution in [0.25, 0.3) is 0 Å². The largest absolute Gasteiger partial charge is 0.378 e. The van der Waals surface area contributed by atoms with E-state index in [9.17, 15) is 4.79 Å². The lowest BCUT2D eigenvalue weighted by Crippen LogP contribution is -2.19. The molecule has 0 bridgehead atoms. The third kappa shape index (κ3) is 3.70. The van der Waals surface area contributed by atoms with Crippen LogP contribution in [0.5, 0.6) is 0 Å². The summed E-state index contributed by atoms with van der Waals surface area (Å²) in [6.07, 6.45) is 4.37. The van der Waals surface area contributed by atoms with Crippen LogP contribution < -0.4 is 10.2 Å². The molecule has 0 fully saturated rings. The van der Waals surface area contributed by atoms with Crippen molar-refractivity contribution in [3.05, 3.63) is 35.7 Å². The summed E-state index contributed by atoms with van der Waals surface area (Å²) in [6.45, 7) is 0.892. The molecule has 0 saturated heterocycles. The second-order valence-electron chi connectivity index (χ2n) is 6.16. The Hall–Kier alpha value is -2.37. The Kier molecular flexibility index (Phi) is 4.60. The molecule has 0 radical (unpaired) electrons. The highest BCUT2D eigenvalue weighted by Crippen LogP contribution is 2.18. The minimum absolute atomic E-state index is 0.0129. The molecule has 1 N–H and O–H groups in total. The first-order valence-corrected chi connectivity index (χ1v) is 8.11. The van der Waals surface area contributed by atoms with Crippen LogP contribution in [0.15, 0.2) is 24.3 Å². The van der Waals surface area contributed by atoms with Gasteiger partial charge in [-0.05, 0) is 37.0 Å². The van der Waals surface area contributed by atoms with Gasteiger partial charge < -0.3 is 4.90 Å². The van der Waals surface area contributed by atoms with E-state index in [1.807, 2.05) is 24.7 Å². The Balaban J connectivity index is 1.58. The molecule has 2 aromatic rings. The Morgan fingerprint density at radius 3 is 3.00 bits per heavy atom. The van der Waals surface area contributed by atoms with Gasteiger partial charge in [-0.1, -0.05) is 12.1 Å². The number of benzene rings is 1. The van der Waals surface area contributed by atoms with Gasteiger partial charge in [-0.25, -0.2) is 0 Å². The number of rotatable bonds is 5. The van der Waals surface area contributed by atoms with Gasteiger partial charge in [-0.2, -0.15) is 0 Å². The highest BCUT2D eigenvalue weighted by Gasteiger charge is 2.17. The zero-order valence-electron chi connectivity index (χ0n) is 13.7. The maximum Gasteiger partial charge on any atom is 0.231 e. The number of aromatic nitrogens is 3. The maximum atomic E-state index is 12.2. The third-order valence-corrected chi connectivity index (χ3v) is 4.18. The van der Waals surface area contributed by atoms with Crippen LogP contribution in [-0.2, 0) is 24.2 Å². The minimum Gasteiger partial charge on any atom is -0.378 e. The predicted octanol–water partition coefficient (Wildman–Crippen LogP) is 2.25. The number of hydrogen-bond donors (Lipinski definition) is 1. The first-order chi connectivity index (χ1) is 11.1. The second-order valence-corrected chi connectivity index (χ2v) is 6.16. The molecule has 23 heavy (non-hydrogen) atoms. The molecule has 0 unspecified atom stereocenters. The van der Waals surface area contributed by atoms with Crippen molar-refractivity contribution in [2.24, 2.45) is 0 Å². The number of carbonyl (C=O) groups is 1. The first kappa shape index (κ1) is 15.5. The highest BCUT2D eigenvalue weighted by molar-refractivity contribution is 5.89. The normalized spacial score (nSPS) is 13.5. The Labute approximate surface area is 136 Å². The summed E-state index contributed by atoms with van der Waals surface area (Å²) in [5, 5.41) is 11.2. The average molecular weight is 313 g/mol. The van der Waals surface area contributed by atoms with Gasteiger partial charge in [-0.3, -0.25) is 14.7 Å². The molecule has 122 valence electrons. The van der Waals surface area contributed by atoms with Crippen molar-refractivity contribution in [2.75, 3.05) is 24.3 Å². The average Bonchev–Trinajstić information content (AvgIpc) is 2.96. The molecule has 6 heteroatoms. The predicted molar refractivity (Wildman–Crippen MR) is 90.7 cm³/mol. The molecule has 1 aliphatic rings. The molecule has 0 atom stereocenters. The van der Waals surface area contributed by atoms with Gasteiger partial charge in [-0.15, -0.1) is 10.2 Å². The van der Waals surface area contributed by atoms with Crippen LogP contribution >= 0.6 is 0 Å². The molecule has 2 heterocycles. The van der Waals surface area contributed by atoms with Crippen molar-refractivity contribution < 1.29 is 4.79 Å². The van der Waals surface area contributed by atoms with Gasteiger partial charge in [0.15, 0.2) is 0 Å². The van der Waals surface area contributed by atoms with Crippen molar-refractivity contribution in [3.8, 4) is 0 Å². The Morgan fingerprint density at radius 1 is 1.30 bits per heavy atom. The van der Waals surface area contributed by atoms with E-state index in [-0.39, 0.29) is 5.91 Å². The van der Waals surface area contributed by atoms with Crippen LogP contribution in [0.2, 0.25) is 0 Å². The van der Waals surface area contributed by atoms with E-state index < -0.39 is 0 Å². The lowest BCUT2D eigenvalue weighted by Gasteiger charge is -2.15. The van der Waals surface area contributed by atoms with E-state index in [0.717, 1.165) is 42.9 Å². The smallest absolute Gasteiger partial charge is 0.231 e. The molecular weight excluding hydrogens is 290 g/mol. The zero-order chi connectivity index (χ0) is 16.2. The van der Waals surface area contributed by atoms with Crippen molar-refractivity contribution in [1.29, 1.82) is 0 Å². The number of hydrogen-bond acceptors (Lipinski definition) is 4. The van der Waals surface area contributed by atoms with E-state index in [1.54, 1.807) is 0 Å². The summed E-state index contributed by atoms with van der Waals surface area (Å²) in [6, 6.07) is 8.26. The fourth-order valence-corrected chi connectivity index (χ4v) is 2.84. The molecule has 1 aromatic heterocycles. The Bertz CT molecular complexity index is 692. The van der Waals surface area contributed by atoms with Gasteiger partial charge in [0.2, 0.25) is 11.9 Å². The summed E-state index contributed by atoms with van der Waals surface area (Å²) in [5.74, 6) is 1.55. The second kappa shape index (κ2) is 6.81. The molecule has 1 amide bonds. The van der Waals surface area contributed by atoms with Crippen molar-refractivity contribution in [2.45, 2.75) is 38.6 Å². The quantitative estimate of drug-likeness (QED) is 0.919. The van der Waals surface area contributed by atoms with Crippen LogP contribution in [0.4, 0.5) is 11.6 Å². The number of aryl methyl sites for hydroxylation is 2. The minimum atomic E-state index is -0.0129. The third-order valence-electron chi connectivity index (χ3n) is 4.18. The van der Waals surface area contributed by atoms with Crippen LogP contribution in [-0.4, -0.2) is 34.8 Å². The zero-order valence-corrected chi connectivity index (χ0v) is 13.7. The van der Waals surface area contributed by atoms with E-state index >= 15 is 0 Å². The van der Waals surface area contributed by atoms with Gasteiger partial charge >= 0.3 is 0 Å². The van der Waals surface area contributed by atoms with E-state index in [0.29, 0.717) is 18.8 Å². The topological polar surface area (TPSA) is 63.1 Å². The summed E-state index contributed by atoms with van der Waals surface area (Å²) in [4.78, 5) is 14.2. The van der Waals surface area contributed by atoms with Crippen LogP contribution in [0.1, 0.15) is 30.7 Å². The van der Waals surface area contributed by atoms with E-state index in [4.69, 9.17) is 0 Å². The SMILES string of the molecule is CN(C)c1cccc(CCC(=O)Nc2nnc3n2CCCC3)c1. The summed E-state index contributed by atoms with van der Waals surface area (Å²) < 4.78 is 2.02. The molecule has 1 aliphatic heterocycles. The highest BCUT2D eigenvalue weighted by atomic mass is 16.1. The van der Waals surface area contributed by atoms with Crippen LogP contribution in [0.3, 0.4) is 0 Å². The van der Waals surface area contributed by atoms with Gasteiger partial charge in [0.1, 0.15) is 5.82 Å². The van der Waals surface area contributed by atoms with Gasteiger partial charge in [0.05, 0.1) is 0 Å². The number of amides is 1. The Morgan fingerprint density at radius 2 is 2.17 bits per heavy atom. The lowest BCUT2D eigenvalue weighted by atomic mass is 10.1. The molecule has 3 rings (SSSR count). The van der Waals surface area contributed by atoms with E-state index in [2.05, 4.69) is 38.6 Å². The number of anilines is 2. The first-order valence-electron chi connectivity index (χ1n) is 8.11.